The fourth-order valence-electron chi connectivity index (χ4n) is 2.61. The number of imidazole rings is 1. The van der Waals surface area contributed by atoms with E-state index in [-0.39, 0.29) is 5.95 Å². The number of fused-ring (bicyclic) bond motifs is 1. The molecule has 9 heteroatoms. The summed E-state index contributed by atoms with van der Waals surface area (Å²) < 4.78 is 0. The van der Waals surface area contributed by atoms with Gasteiger partial charge in [-0.1, -0.05) is 30.3 Å². The largest absolute Gasteiger partial charge is 0.465 e. The predicted molar refractivity (Wildman–Crippen MR) is 95.5 cm³/mol. The second-order valence-electron chi connectivity index (χ2n) is 5.63. The second kappa shape index (κ2) is 7.11. The van der Waals surface area contributed by atoms with E-state index in [2.05, 4.69) is 20.6 Å². The third kappa shape index (κ3) is 3.73. The number of benzene rings is 2. The summed E-state index contributed by atoms with van der Waals surface area (Å²) in [6.45, 7) is 0. The van der Waals surface area contributed by atoms with Crippen LogP contribution < -0.4 is 16.4 Å². The summed E-state index contributed by atoms with van der Waals surface area (Å²) in [5.74, 6) is -0.502. The molecule has 0 fully saturated rings. The molecule has 9 nitrogen and oxygen atoms in total. The Morgan fingerprint density at radius 1 is 1.15 bits per heavy atom. The number of aliphatic hydroxyl groups is 1. The van der Waals surface area contributed by atoms with Crippen molar-refractivity contribution >= 4 is 34.7 Å². The number of carbonyl (C=O) groups excluding carboxylic acids is 1. The van der Waals surface area contributed by atoms with Gasteiger partial charge in [0.1, 0.15) is 0 Å². The molecule has 2 amide bonds. The van der Waals surface area contributed by atoms with Gasteiger partial charge in [-0.2, -0.15) is 0 Å². The summed E-state index contributed by atoms with van der Waals surface area (Å²) in [5.41, 5.74) is 7.72. The molecule has 0 saturated carbocycles. The lowest BCUT2D eigenvalue weighted by atomic mass is 10.0. The second-order valence-corrected chi connectivity index (χ2v) is 5.63. The van der Waals surface area contributed by atoms with E-state index in [4.69, 9.17) is 10.8 Å². The van der Waals surface area contributed by atoms with Crippen molar-refractivity contribution in [1.82, 2.24) is 15.3 Å². The Morgan fingerprint density at radius 3 is 2.58 bits per heavy atom. The maximum Gasteiger partial charge on any atom is 0.405 e. The first-order valence-corrected chi connectivity index (χ1v) is 7.72. The number of hydrogen-bond acceptors (Lipinski definition) is 5. The van der Waals surface area contributed by atoms with Gasteiger partial charge >= 0.3 is 6.09 Å². The number of anilines is 2. The highest BCUT2D eigenvalue weighted by molar-refractivity contribution is 5.96. The molecule has 0 spiro atoms. The zero-order valence-corrected chi connectivity index (χ0v) is 13.5. The molecular weight excluding hydrogens is 338 g/mol. The average Bonchev–Trinajstić information content (AvgIpc) is 2.99. The van der Waals surface area contributed by atoms with Gasteiger partial charge in [-0.25, -0.2) is 9.78 Å². The SMILES string of the molecule is Nc1nc2ccc(NC(=O)[C@H](O)[C@@H](NC(=O)O)c3ccccc3)cc2[nH]1. The fraction of sp³-hybridized carbons (Fsp3) is 0.118. The number of nitrogen functional groups attached to an aromatic ring is 1. The number of nitrogens with zero attached hydrogens (tertiary/aromatic N) is 1. The average molecular weight is 355 g/mol. The smallest absolute Gasteiger partial charge is 0.405 e. The number of amides is 2. The zero-order valence-electron chi connectivity index (χ0n) is 13.5. The summed E-state index contributed by atoms with van der Waals surface area (Å²) >= 11 is 0. The Hall–Kier alpha value is -3.59. The molecule has 3 rings (SSSR count). The maximum absolute atomic E-state index is 12.4. The number of aliphatic hydroxyl groups excluding tert-OH is 1. The Balaban J connectivity index is 1.80. The van der Waals surface area contributed by atoms with Crippen LogP contribution in [0.2, 0.25) is 0 Å². The number of rotatable bonds is 5. The van der Waals surface area contributed by atoms with Gasteiger partial charge < -0.3 is 31.6 Å². The molecule has 1 aromatic heterocycles. The molecule has 0 saturated heterocycles. The Kier molecular flexibility index (Phi) is 4.72. The van der Waals surface area contributed by atoms with Gasteiger partial charge in [0.15, 0.2) is 12.1 Å². The molecule has 0 aliphatic rings. The van der Waals surface area contributed by atoms with Crippen molar-refractivity contribution in [3.8, 4) is 0 Å². The molecule has 7 N–H and O–H groups in total. The highest BCUT2D eigenvalue weighted by Gasteiger charge is 2.29. The monoisotopic (exact) mass is 355 g/mol. The summed E-state index contributed by atoms with van der Waals surface area (Å²) in [5, 5.41) is 24.1. The Labute approximate surface area is 147 Å². The Morgan fingerprint density at radius 2 is 1.88 bits per heavy atom. The number of carbonyl (C=O) groups is 2. The lowest BCUT2D eigenvalue weighted by Crippen LogP contribution is -2.42. The van der Waals surface area contributed by atoms with Crippen molar-refractivity contribution in [2.45, 2.75) is 12.1 Å². The van der Waals surface area contributed by atoms with Crippen LogP contribution in [-0.2, 0) is 4.79 Å². The zero-order chi connectivity index (χ0) is 18.7. The van der Waals surface area contributed by atoms with Gasteiger partial charge in [-0.15, -0.1) is 0 Å². The highest BCUT2D eigenvalue weighted by atomic mass is 16.4. The van der Waals surface area contributed by atoms with Gasteiger partial charge in [0.05, 0.1) is 17.1 Å². The van der Waals surface area contributed by atoms with Crippen LogP contribution >= 0.6 is 0 Å². The number of aromatic amines is 1. The molecule has 0 unspecified atom stereocenters. The highest BCUT2D eigenvalue weighted by Crippen LogP contribution is 2.21. The van der Waals surface area contributed by atoms with Crippen molar-refractivity contribution in [2.75, 3.05) is 11.1 Å². The molecule has 2 atom stereocenters. The van der Waals surface area contributed by atoms with E-state index in [0.717, 1.165) is 0 Å². The molecule has 26 heavy (non-hydrogen) atoms. The molecule has 2 aromatic carbocycles. The maximum atomic E-state index is 12.4. The fourth-order valence-corrected chi connectivity index (χ4v) is 2.61. The van der Waals surface area contributed by atoms with Crippen molar-refractivity contribution in [3.63, 3.8) is 0 Å². The van der Waals surface area contributed by atoms with Gasteiger partial charge in [0.25, 0.3) is 5.91 Å². The van der Waals surface area contributed by atoms with Crippen molar-refractivity contribution in [3.05, 3.63) is 54.1 Å². The number of nitrogens with two attached hydrogens (primary N) is 1. The van der Waals surface area contributed by atoms with Crippen LogP contribution in [0.25, 0.3) is 11.0 Å². The predicted octanol–water partition coefficient (Wildman–Crippen LogP) is 1.45. The first-order valence-electron chi connectivity index (χ1n) is 7.72. The molecule has 1 heterocycles. The van der Waals surface area contributed by atoms with Crippen LogP contribution in [-0.4, -0.2) is 38.3 Å². The molecule has 0 radical (unpaired) electrons. The van der Waals surface area contributed by atoms with Crippen LogP contribution in [0.1, 0.15) is 11.6 Å². The quantitative estimate of drug-likeness (QED) is 0.407. The molecule has 0 aliphatic carbocycles. The summed E-state index contributed by atoms with van der Waals surface area (Å²) in [6, 6.07) is 12.1. The number of H-pyrrole nitrogens is 1. The van der Waals surface area contributed by atoms with Crippen LogP contribution in [0.15, 0.2) is 48.5 Å². The van der Waals surface area contributed by atoms with E-state index in [1.165, 1.54) is 0 Å². The molecule has 0 bridgehead atoms. The van der Waals surface area contributed by atoms with Crippen molar-refractivity contribution < 1.29 is 19.8 Å². The third-order valence-corrected chi connectivity index (χ3v) is 3.79. The van der Waals surface area contributed by atoms with Crippen LogP contribution in [0.4, 0.5) is 16.4 Å². The summed E-state index contributed by atoms with van der Waals surface area (Å²) in [7, 11) is 0. The minimum atomic E-state index is -1.63. The van der Waals surface area contributed by atoms with E-state index < -0.39 is 24.1 Å². The molecular formula is C17H17N5O4. The lowest BCUT2D eigenvalue weighted by Gasteiger charge is -2.22. The Bertz CT molecular complexity index is 941. The van der Waals surface area contributed by atoms with Gasteiger partial charge in [-0.3, -0.25) is 4.79 Å². The van der Waals surface area contributed by atoms with Crippen LogP contribution in [0.3, 0.4) is 0 Å². The minimum absolute atomic E-state index is 0.248. The van der Waals surface area contributed by atoms with E-state index in [1.54, 1.807) is 48.5 Å². The number of hydrogen-bond donors (Lipinski definition) is 6. The minimum Gasteiger partial charge on any atom is -0.465 e. The summed E-state index contributed by atoms with van der Waals surface area (Å²) in [6.07, 6.45) is -2.98. The van der Waals surface area contributed by atoms with Crippen LogP contribution in [0.5, 0.6) is 0 Å². The van der Waals surface area contributed by atoms with Crippen molar-refractivity contribution in [2.24, 2.45) is 0 Å². The number of aromatic nitrogens is 2. The van der Waals surface area contributed by atoms with Gasteiger partial charge in [0.2, 0.25) is 0 Å². The van der Waals surface area contributed by atoms with Gasteiger partial charge in [0, 0.05) is 5.69 Å². The molecule has 3 aromatic rings. The summed E-state index contributed by atoms with van der Waals surface area (Å²) in [4.78, 5) is 30.3. The van der Waals surface area contributed by atoms with E-state index in [1.807, 2.05) is 0 Å². The molecule has 0 aliphatic heterocycles. The normalized spacial score (nSPS) is 13.1. The topological polar surface area (TPSA) is 153 Å². The lowest BCUT2D eigenvalue weighted by molar-refractivity contribution is -0.125. The number of carboxylic acid groups (broad SMARTS) is 1. The van der Waals surface area contributed by atoms with E-state index in [0.29, 0.717) is 22.3 Å². The van der Waals surface area contributed by atoms with Crippen LogP contribution in [0, 0.1) is 0 Å². The third-order valence-electron chi connectivity index (χ3n) is 3.79. The standard InChI is InChI=1S/C17H17N5O4/c18-16-20-11-7-6-10(8-12(11)21-16)19-15(24)14(23)13(22-17(25)26)9-4-2-1-3-5-9/h1-8,13-14,22-23H,(H,19,24)(H,25,26)(H3,18,20,21)/t13-,14+/m0/s1. The number of nitrogens with one attached hydrogen (secondary N) is 3. The van der Waals surface area contributed by atoms with E-state index >= 15 is 0 Å². The van der Waals surface area contributed by atoms with E-state index in [9.17, 15) is 14.7 Å². The van der Waals surface area contributed by atoms with Gasteiger partial charge in [-0.05, 0) is 23.8 Å². The first-order chi connectivity index (χ1) is 12.4. The first kappa shape index (κ1) is 17.2. The van der Waals surface area contributed by atoms with Crippen molar-refractivity contribution in [1.29, 1.82) is 0 Å². The molecule has 134 valence electrons.